The first-order valence-corrected chi connectivity index (χ1v) is 11.5. The van der Waals surface area contributed by atoms with Crippen LogP contribution in [0, 0.1) is 0 Å². The van der Waals surface area contributed by atoms with E-state index < -0.39 is 15.9 Å². The van der Waals surface area contributed by atoms with E-state index in [0.717, 1.165) is 28.8 Å². The molecule has 29 heavy (non-hydrogen) atoms. The molecule has 1 aliphatic rings. The fraction of sp³-hybridized carbons (Fsp3) is 0.318. The Morgan fingerprint density at radius 3 is 2.66 bits per heavy atom. The van der Waals surface area contributed by atoms with Crippen LogP contribution in [0.5, 0.6) is 5.75 Å². The molecule has 4 rings (SSSR count). The lowest BCUT2D eigenvalue weighted by atomic mass is 10.0. The number of pyridine rings is 1. The van der Waals surface area contributed by atoms with E-state index in [1.165, 1.54) is 6.26 Å². The van der Waals surface area contributed by atoms with Crippen LogP contribution >= 0.6 is 0 Å². The maximum Gasteiger partial charge on any atom is 0.175 e. The molecule has 1 aromatic heterocycles. The van der Waals surface area contributed by atoms with Crippen molar-refractivity contribution in [2.24, 2.45) is 0 Å². The third kappa shape index (κ3) is 4.58. The number of hydrogen-bond acceptors (Lipinski definition) is 6. The predicted molar refractivity (Wildman–Crippen MR) is 112 cm³/mol. The van der Waals surface area contributed by atoms with Crippen molar-refractivity contribution < 1.29 is 18.3 Å². The summed E-state index contributed by atoms with van der Waals surface area (Å²) in [6.45, 7) is 1.95. The molecule has 1 fully saturated rings. The highest BCUT2D eigenvalue weighted by Gasteiger charge is 2.29. The van der Waals surface area contributed by atoms with Gasteiger partial charge in [0.05, 0.1) is 10.4 Å². The van der Waals surface area contributed by atoms with Crippen molar-refractivity contribution in [3.05, 3.63) is 66.4 Å². The van der Waals surface area contributed by atoms with E-state index in [1.54, 1.807) is 18.3 Å². The predicted octanol–water partition coefficient (Wildman–Crippen LogP) is 2.65. The van der Waals surface area contributed by atoms with Crippen LogP contribution in [0.3, 0.4) is 0 Å². The molecule has 152 valence electrons. The average molecular weight is 413 g/mol. The lowest BCUT2D eigenvalue weighted by Crippen LogP contribution is -2.48. The van der Waals surface area contributed by atoms with Gasteiger partial charge in [-0.25, -0.2) is 8.42 Å². The molecule has 7 heteroatoms. The van der Waals surface area contributed by atoms with Gasteiger partial charge in [-0.3, -0.25) is 9.88 Å². The van der Waals surface area contributed by atoms with E-state index in [0.29, 0.717) is 24.4 Å². The molecule has 0 unspecified atom stereocenters. The maximum atomic E-state index is 11.6. The minimum atomic E-state index is -3.19. The minimum absolute atomic E-state index is 0.273. The van der Waals surface area contributed by atoms with Gasteiger partial charge in [-0.05, 0) is 48.4 Å². The Morgan fingerprint density at radius 2 is 1.93 bits per heavy atom. The molecule has 1 aliphatic heterocycles. The zero-order valence-electron chi connectivity index (χ0n) is 16.2. The third-order valence-electron chi connectivity index (χ3n) is 5.25. The fourth-order valence-corrected chi connectivity index (χ4v) is 4.33. The van der Waals surface area contributed by atoms with Gasteiger partial charge in [0.25, 0.3) is 0 Å². The SMILES string of the molecule is CS(=O)(=O)c1ccc(CN2CC[C@@H](Oc3cccc4ncccc34)[C@H](O)C2)cc1. The second-order valence-electron chi connectivity index (χ2n) is 7.49. The van der Waals surface area contributed by atoms with Gasteiger partial charge in [-0.1, -0.05) is 18.2 Å². The number of nitrogens with zero attached hydrogens (tertiary/aromatic N) is 2. The first-order chi connectivity index (χ1) is 13.9. The van der Waals surface area contributed by atoms with Gasteiger partial charge in [0.15, 0.2) is 9.84 Å². The normalized spacial score (nSPS) is 20.6. The Hall–Kier alpha value is -2.48. The van der Waals surface area contributed by atoms with Crippen LogP contribution in [-0.4, -0.2) is 55.0 Å². The molecule has 6 nitrogen and oxygen atoms in total. The fourth-order valence-electron chi connectivity index (χ4n) is 3.70. The molecule has 1 saturated heterocycles. The molecule has 3 aromatic rings. The second-order valence-corrected chi connectivity index (χ2v) is 9.51. The number of aliphatic hydroxyl groups is 1. The quantitative estimate of drug-likeness (QED) is 0.694. The summed E-state index contributed by atoms with van der Waals surface area (Å²) in [5.74, 6) is 0.740. The van der Waals surface area contributed by atoms with E-state index in [2.05, 4.69) is 9.88 Å². The van der Waals surface area contributed by atoms with Gasteiger partial charge in [-0.2, -0.15) is 0 Å². The lowest BCUT2D eigenvalue weighted by molar-refractivity contribution is -0.0269. The zero-order valence-corrected chi connectivity index (χ0v) is 17.0. The molecule has 0 radical (unpaired) electrons. The molecule has 0 amide bonds. The maximum absolute atomic E-state index is 11.6. The van der Waals surface area contributed by atoms with Gasteiger partial charge in [0.1, 0.15) is 18.0 Å². The van der Waals surface area contributed by atoms with Crippen LogP contribution < -0.4 is 4.74 Å². The van der Waals surface area contributed by atoms with Crippen molar-refractivity contribution in [2.75, 3.05) is 19.3 Å². The molecule has 0 saturated carbocycles. The smallest absolute Gasteiger partial charge is 0.175 e. The van der Waals surface area contributed by atoms with Gasteiger partial charge in [0.2, 0.25) is 0 Å². The van der Waals surface area contributed by atoms with Crippen LogP contribution in [0.1, 0.15) is 12.0 Å². The van der Waals surface area contributed by atoms with E-state index in [1.807, 2.05) is 42.5 Å². The number of fused-ring (bicyclic) bond motifs is 1. The Morgan fingerprint density at radius 1 is 1.14 bits per heavy atom. The number of hydrogen-bond donors (Lipinski definition) is 1. The van der Waals surface area contributed by atoms with Crippen molar-refractivity contribution in [3.8, 4) is 5.75 Å². The molecule has 0 spiro atoms. The highest BCUT2D eigenvalue weighted by atomic mass is 32.2. The summed E-state index contributed by atoms with van der Waals surface area (Å²) in [7, 11) is -3.19. The van der Waals surface area contributed by atoms with E-state index >= 15 is 0 Å². The monoisotopic (exact) mass is 412 g/mol. The van der Waals surface area contributed by atoms with Gasteiger partial charge >= 0.3 is 0 Å². The summed E-state index contributed by atoms with van der Waals surface area (Å²) < 4.78 is 29.3. The summed E-state index contributed by atoms with van der Waals surface area (Å²) in [5.41, 5.74) is 1.89. The number of β-amino-alcohol motifs (C(OH)–C–C–N with tert-alkyl or cyclic N) is 1. The van der Waals surface area contributed by atoms with Crippen molar-refractivity contribution in [3.63, 3.8) is 0 Å². The Bertz CT molecular complexity index is 1090. The minimum Gasteiger partial charge on any atom is -0.487 e. The third-order valence-corrected chi connectivity index (χ3v) is 6.37. The molecule has 2 atom stereocenters. The van der Waals surface area contributed by atoms with Gasteiger partial charge in [-0.15, -0.1) is 0 Å². The van der Waals surface area contributed by atoms with Crippen LogP contribution in [0.2, 0.25) is 0 Å². The molecular weight excluding hydrogens is 388 g/mol. The van der Waals surface area contributed by atoms with E-state index in [4.69, 9.17) is 4.74 Å². The number of sulfone groups is 1. The molecule has 0 aliphatic carbocycles. The highest BCUT2D eigenvalue weighted by Crippen LogP contribution is 2.27. The van der Waals surface area contributed by atoms with Crippen LogP contribution in [-0.2, 0) is 16.4 Å². The summed E-state index contributed by atoms with van der Waals surface area (Å²) >= 11 is 0. The van der Waals surface area contributed by atoms with E-state index in [9.17, 15) is 13.5 Å². The lowest BCUT2D eigenvalue weighted by Gasteiger charge is -2.36. The molecule has 1 N–H and O–H groups in total. The van der Waals surface area contributed by atoms with Crippen molar-refractivity contribution in [1.82, 2.24) is 9.88 Å². The first-order valence-electron chi connectivity index (χ1n) is 9.60. The standard InChI is InChI=1S/C22H24N2O4S/c1-29(26,27)17-9-7-16(8-10-17)14-24-13-11-22(20(25)15-24)28-21-6-2-5-19-18(21)4-3-12-23-19/h2-10,12,20,22,25H,11,13-15H2,1H3/t20-,22-/m1/s1. The van der Waals surface area contributed by atoms with E-state index in [-0.39, 0.29) is 6.10 Å². The first kappa shape index (κ1) is 19.8. The number of likely N-dealkylation sites (tertiary alicyclic amines) is 1. The van der Waals surface area contributed by atoms with Gasteiger partial charge in [0, 0.05) is 37.5 Å². The number of aliphatic hydroxyl groups excluding tert-OH is 1. The number of piperidine rings is 1. The van der Waals surface area contributed by atoms with Crippen LogP contribution in [0.25, 0.3) is 10.9 Å². The van der Waals surface area contributed by atoms with Crippen molar-refractivity contribution in [2.45, 2.75) is 30.1 Å². The summed E-state index contributed by atoms with van der Waals surface area (Å²) in [5, 5.41) is 11.6. The molecule has 0 bridgehead atoms. The van der Waals surface area contributed by atoms with Crippen molar-refractivity contribution in [1.29, 1.82) is 0 Å². The van der Waals surface area contributed by atoms with Crippen molar-refractivity contribution >= 4 is 20.7 Å². The Labute approximate surface area is 170 Å². The highest BCUT2D eigenvalue weighted by molar-refractivity contribution is 7.90. The molecular formula is C22H24N2O4S. The topological polar surface area (TPSA) is 79.7 Å². The number of rotatable bonds is 5. The van der Waals surface area contributed by atoms with Gasteiger partial charge < -0.3 is 9.84 Å². The molecule has 2 aromatic carbocycles. The Balaban J connectivity index is 1.39. The number of ether oxygens (including phenoxy) is 1. The largest absolute Gasteiger partial charge is 0.487 e. The zero-order chi connectivity index (χ0) is 20.4. The summed E-state index contributed by atoms with van der Waals surface area (Å²) in [4.78, 5) is 6.82. The number of aromatic nitrogens is 1. The molecule has 2 heterocycles. The summed E-state index contributed by atoms with van der Waals surface area (Å²) in [6, 6.07) is 16.5. The Kier molecular flexibility index (Phi) is 5.54. The summed E-state index contributed by atoms with van der Waals surface area (Å²) in [6.07, 6.45) is 2.78. The van der Waals surface area contributed by atoms with Crippen LogP contribution in [0.15, 0.2) is 65.7 Å². The number of benzene rings is 2. The average Bonchev–Trinajstić information content (AvgIpc) is 2.70. The van der Waals surface area contributed by atoms with Crippen LogP contribution in [0.4, 0.5) is 0 Å². The second kappa shape index (κ2) is 8.10.